The number of aryl methyl sites for hydroxylation is 2. The highest BCUT2D eigenvalue weighted by atomic mass is 16.5. The largest absolute Gasteiger partial charge is 0.494 e. The molecule has 5 nitrogen and oxygen atoms in total. The number of rotatable bonds is 7. The van der Waals surface area contributed by atoms with Gasteiger partial charge in [0.2, 0.25) is 5.91 Å². The number of hydrogen-bond donors (Lipinski definition) is 0. The molecule has 1 aliphatic heterocycles. The van der Waals surface area contributed by atoms with Crippen molar-refractivity contribution in [3.05, 3.63) is 89.7 Å². The lowest BCUT2D eigenvalue weighted by Gasteiger charge is -2.19. The van der Waals surface area contributed by atoms with Gasteiger partial charge in [-0.2, -0.15) is 0 Å². The second-order valence-electron chi connectivity index (χ2n) is 10.8. The lowest BCUT2D eigenvalue weighted by molar-refractivity contribution is -0.117. The number of imidazole rings is 1. The molecule has 0 N–H and O–H groups in total. The Bertz CT molecular complexity index is 1360. The summed E-state index contributed by atoms with van der Waals surface area (Å²) < 4.78 is 8.35. The summed E-state index contributed by atoms with van der Waals surface area (Å²) in [5.41, 5.74) is 5.65. The number of amides is 1. The fraction of sp³-hybridized carbons (Fsp3) is 0.355. The second kappa shape index (κ2) is 9.81. The smallest absolute Gasteiger partial charge is 0.227 e. The van der Waals surface area contributed by atoms with Crippen molar-refractivity contribution in [3.8, 4) is 5.75 Å². The van der Waals surface area contributed by atoms with Gasteiger partial charge in [0.25, 0.3) is 0 Å². The van der Waals surface area contributed by atoms with Gasteiger partial charge >= 0.3 is 0 Å². The van der Waals surface area contributed by atoms with Crippen LogP contribution in [0.3, 0.4) is 0 Å². The number of hydrogen-bond acceptors (Lipinski definition) is 3. The first kappa shape index (κ1) is 24.1. The van der Waals surface area contributed by atoms with Gasteiger partial charge < -0.3 is 14.2 Å². The van der Waals surface area contributed by atoms with E-state index in [1.807, 2.05) is 23.1 Å². The third kappa shape index (κ3) is 5.01. The van der Waals surface area contributed by atoms with Gasteiger partial charge in [0.15, 0.2) is 0 Å². The predicted molar refractivity (Wildman–Crippen MR) is 146 cm³/mol. The molecule has 36 heavy (non-hydrogen) atoms. The van der Waals surface area contributed by atoms with Crippen molar-refractivity contribution in [2.24, 2.45) is 0 Å². The molecule has 0 bridgehead atoms. The lowest BCUT2D eigenvalue weighted by Crippen LogP contribution is -2.24. The third-order valence-electron chi connectivity index (χ3n) is 7.00. The molecular formula is C31H35N3O2. The molecule has 1 amide bonds. The van der Waals surface area contributed by atoms with Crippen LogP contribution in [0.1, 0.15) is 56.5 Å². The quantitative estimate of drug-likeness (QED) is 0.278. The van der Waals surface area contributed by atoms with E-state index in [0.717, 1.165) is 46.8 Å². The number of aromatic nitrogens is 2. The number of nitrogens with zero attached hydrogens (tertiary/aromatic N) is 3. The summed E-state index contributed by atoms with van der Waals surface area (Å²) >= 11 is 0. The van der Waals surface area contributed by atoms with Crippen LogP contribution in [0.4, 0.5) is 5.69 Å². The first-order chi connectivity index (χ1) is 17.3. The van der Waals surface area contributed by atoms with Gasteiger partial charge in [0.1, 0.15) is 11.6 Å². The maximum Gasteiger partial charge on any atom is 0.227 e. The standard InChI is InChI=1S/C31H35N3O2/c1-22-9-7-10-25(19-22)34-21-23(20-29(34)35)30-32-27-11-5-6-12-28(27)33(30)17-8-18-36-26-15-13-24(14-16-26)31(2,3)4/h5-7,9-16,19,23H,8,17-18,20-21H2,1-4H3. The van der Waals surface area contributed by atoms with Crippen molar-refractivity contribution in [1.29, 1.82) is 0 Å². The first-order valence-electron chi connectivity index (χ1n) is 12.8. The van der Waals surface area contributed by atoms with Crippen LogP contribution in [0.25, 0.3) is 11.0 Å². The van der Waals surface area contributed by atoms with Gasteiger partial charge in [0.05, 0.1) is 17.6 Å². The molecule has 5 heteroatoms. The Hall–Kier alpha value is -3.60. The third-order valence-corrected chi connectivity index (χ3v) is 7.00. The van der Waals surface area contributed by atoms with Gasteiger partial charge in [-0.15, -0.1) is 0 Å². The summed E-state index contributed by atoms with van der Waals surface area (Å²) in [4.78, 5) is 19.9. The average molecular weight is 482 g/mol. The Kier molecular flexibility index (Phi) is 6.57. The average Bonchev–Trinajstić information content (AvgIpc) is 3.42. The molecule has 1 unspecified atom stereocenters. The van der Waals surface area contributed by atoms with Crippen molar-refractivity contribution >= 4 is 22.6 Å². The van der Waals surface area contributed by atoms with Crippen LogP contribution >= 0.6 is 0 Å². The molecule has 0 spiro atoms. The highest BCUT2D eigenvalue weighted by molar-refractivity contribution is 5.96. The Morgan fingerprint density at radius 3 is 2.53 bits per heavy atom. The zero-order chi connectivity index (χ0) is 25.3. The van der Waals surface area contributed by atoms with Crippen molar-refractivity contribution in [2.45, 2.75) is 58.4 Å². The summed E-state index contributed by atoms with van der Waals surface area (Å²) in [5.74, 6) is 2.12. The maximum atomic E-state index is 13.0. The van der Waals surface area contributed by atoms with E-state index in [4.69, 9.17) is 9.72 Å². The van der Waals surface area contributed by atoms with Crippen molar-refractivity contribution in [1.82, 2.24) is 9.55 Å². The first-order valence-corrected chi connectivity index (χ1v) is 12.8. The fourth-order valence-electron chi connectivity index (χ4n) is 5.03. The molecule has 4 aromatic rings. The predicted octanol–water partition coefficient (Wildman–Crippen LogP) is 6.63. The van der Waals surface area contributed by atoms with E-state index in [1.165, 1.54) is 5.56 Å². The van der Waals surface area contributed by atoms with Crippen molar-refractivity contribution in [2.75, 3.05) is 18.1 Å². The normalized spacial score (nSPS) is 16.2. The molecule has 1 fully saturated rings. The molecule has 1 aliphatic rings. The van der Waals surface area contributed by atoms with E-state index in [2.05, 4.69) is 86.9 Å². The summed E-state index contributed by atoms with van der Waals surface area (Å²) in [6.07, 6.45) is 1.34. The summed E-state index contributed by atoms with van der Waals surface area (Å²) in [7, 11) is 0. The number of anilines is 1. The van der Waals surface area contributed by atoms with Gasteiger partial charge in [-0.1, -0.05) is 57.2 Å². The molecule has 0 radical (unpaired) electrons. The van der Waals surface area contributed by atoms with E-state index in [0.29, 0.717) is 19.6 Å². The molecular weight excluding hydrogens is 446 g/mol. The van der Waals surface area contributed by atoms with Crippen LogP contribution in [0.5, 0.6) is 5.75 Å². The van der Waals surface area contributed by atoms with Crippen LogP contribution < -0.4 is 9.64 Å². The number of carbonyl (C=O) groups excluding carboxylic acids is 1. The lowest BCUT2D eigenvalue weighted by atomic mass is 9.87. The van der Waals surface area contributed by atoms with Gasteiger partial charge in [0, 0.05) is 31.1 Å². The summed E-state index contributed by atoms with van der Waals surface area (Å²) in [6, 6.07) is 24.8. The van der Waals surface area contributed by atoms with Gasteiger partial charge in [-0.05, 0) is 66.3 Å². The van der Waals surface area contributed by atoms with E-state index >= 15 is 0 Å². The van der Waals surface area contributed by atoms with E-state index in [-0.39, 0.29) is 17.2 Å². The zero-order valence-electron chi connectivity index (χ0n) is 21.7. The highest BCUT2D eigenvalue weighted by Gasteiger charge is 2.34. The Morgan fingerprint density at radius 1 is 1.00 bits per heavy atom. The molecule has 0 saturated carbocycles. The molecule has 5 rings (SSSR count). The minimum absolute atomic E-state index is 0.0660. The van der Waals surface area contributed by atoms with Crippen molar-refractivity contribution < 1.29 is 9.53 Å². The Balaban J connectivity index is 1.30. The molecule has 3 aromatic carbocycles. The van der Waals surface area contributed by atoms with E-state index < -0.39 is 0 Å². The van der Waals surface area contributed by atoms with E-state index in [1.54, 1.807) is 0 Å². The SMILES string of the molecule is Cc1cccc(N2CC(c3nc4ccccc4n3CCCOc3ccc(C(C)(C)C)cc3)CC2=O)c1. The van der Waals surface area contributed by atoms with Crippen LogP contribution in [-0.4, -0.2) is 28.6 Å². The molecule has 0 aliphatic carbocycles. The monoisotopic (exact) mass is 481 g/mol. The number of carbonyl (C=O) groups is 1. The van der Waals surface area contributed by atoms with Crippen LogP contribution in [0.2, 0.25) is 0 Å². The Labute approximate surface area is 213 Å². The summed E-state index contributed by atoms with van der Waals surface area (Å²) in [5, 5.41) is 0. The van der Waals surface area contributed by atoms with Crippen LogP contribution in [0, 0.1) is 6.92 Å². The topological polar surface area (TPSA) is 47.4 Å². The Morgan fingerprint density at radius 2 is 1.78 bits per heavy atom. The summed E-state index contributed by atoms with van der Waals surface area (Å²) in [6.45, 7) is 10.8. The van der Waals surface area contributed by atoms with E-state index in [9.17, 15) is 4.79 Å². The van der Waals surface area contributed by atoms with Crippen molar-refractivity contribution in [3.63, 3.8) is 0 Å². The van der Waals surface area contributed by atoms with Gasteiger partial charge in [-0.25, -0.2) is 4.98 Å². The minimum atomic E-state index is 0.0660. The number of ether oxygens (including phenoxy) is 1. The van der Waals surface area contributed by atoms with Gasteiger partial charge in [-0.3, -0.25) is 4.79 Å². The number of benzene rings is 3. The zero-order valence-corrected chi connectivity index (χ0v) is 21.7. The number of fused-ring (bicyclic) bond motifs is 1. The highest BCUT2D eigenvalue weighted by Crippen LogP contribution is 2.33. The molecule has 2 heterocycles. The fourth-order valence-corrected chi connectivity index (χ4v) is 5.03. The minimum Gasteiger partial charge on any atom is -0.494 e. The molecule has 1 aromatic heterocycles. The molecule has 1 atom stereocenters. The second-order valence-corrected chi connectivity index (χ2v) is 10.8. The van der Waals surface area contributed by atoms with Crippen LogP contribution in [0.15, 0.2) is 72.8 Å². The van der Waals surface area contributed by atoms with Crippen LogP contribution in [-0.2, 0) is 16.8 Å². The molecule has 186 valence electrons. The maximum absolute atomic E-state index is 13.0. The molecule has 1 saturated heterocycles. The number of para-hydroxylation sites is 2.